The molecule has 0 unspecified atom stereocenters. The van der Waals surface area contributed by atoms with Gasteiger partial charge >= 0.3 is 0 Å². The maximum absolute atomic E-state index is 3.26. The number of hydrogen-bond acceptors (Lipinski definition) is 0. The summed E-state index contributed by atoms with van der Waals surface area (Å²) in [5, 5.41) is 0. The standard InChI is InChI=1S/C16H29N/c1-4-5-6-7-8-9-10-15-12-17-13-16(15)11-14(2)3/h12-14,17H,4-11H2,1-3H3. The van der Waals surface area contributed by atoms with Crippen molar-refractivity contribution in [2.24, 2.45) is 5.92 Å². The summed E-state index contributed by atoms with van der Waals surface area (Å²) in [5.74, 6) is 0.758. The predicted octanol–water partition coefficient (Wildman–Crippen LogP) is 5.12. The molecule has 0 aliphatic carbocycles. The molecule has 1 heteroatoms. The molecule has 0 fully saturated rings. The molecule has 1 N–H and O–H groups in total. The minimum Gasteiger partial charge on any atom is -0.367 e. The lowest BCUT2D eigenvalue weighted by molar-refractivity contribution is 0.603. The molecular formula is C16H29N. The van der Waals surface area contributed by atoms with Crippen LogP contribution in [0.5, 0.6) is 0 Å². The first kappa shape index (κ1) is 14.3. The van der Waals surface area contributed by atoms with E-state index in [1.54, 1.807) is 5.56 Å². The van der Waals surface area contributed by atoms with Gasteiger partial charge < -0.3 is 4.98 Å². The van der Waals surface area contributed by atoms with Crippen LogP contribution in [0, 0.1) is 5.92 Å². The van der Waals surface area contributed by atoms with E-state index in [9.17, 15) is 0 Å². The third kappa shape index (κ3) is 5.95. The molecular weight excluding hydrogens is 206 g/mol. The minimum atomic E-state index is 0.758. The lowest BCUT2D eigenvalue weighted by Gasteiger charge is -2.06. The summed E-state index contributed by atoms with van der Waals surface area (Å²) in [6, 6.07) is 0. The number of H-pyrrole nitrogens is 1. The summed E-state index contributed by atoms with van der Waals surface area (Å²) in [6.45, 7) is 6.86. The quantitative estimate of drug-likeness (QED) is 0.572. The van der Waals surface area contributed by atoms with Gasteiger partial charge in [0.05, 0.1) is 0 Å². The first-order valence-electron chi connectivity index (χ1n) is 7.38. The molecule has 0 saturated heterocycles. The third-order valence-corrected chi connectivity index (χ3v) is 3.36. The van der Waals surface area contributed by atoms with Crippen molar-refractivity contribution in [1.29, 1.82) is 0 Å². The summed E-state index contributed by atoms with van der Waals surface area (Å²) in [4.78, 5) is 3.26. The maximum Gasteiger partial charge on any atom is 0.00403 e. The van der Waals surface area contributed by atoms with Gasteiger partial charge in [0.1, 0.15) is 0 Å². The predicted molar refractivity (Wildman–Crippen MR) is 76.4 cm³/mol. The fraction of sp³-hybridized carbons (Fsp3) is 0.750. The van der Waals surface area contributed by atoms with E-state index >= 15 is 0 Å². The van der Waals surface area contributed by atoms with Crippen molar-refractivity contribution < 1.29 is 0 Å². The van der Waals surface area contributed by atoms with Crippen molar-refractivity contribution in [3.05, 3.63) is 23.5 Å². The maximum atomic E-state index is 3.26. The van der Waals surface area contributed by atoms with E-state index in [1.807, 2.05) is 0 Å². The average Bonchev–Trinajstić information content (AvgIpc) is 2.70. The summed E-state index contributed by atoms with van der Waals surface area (Å²) in [6.07, 6.45) is 15.2. The number of aryl methyl sites for hydroxylation is 1. The monoisotopic (exact) mass is 235 g/mol. The zero-order valence-electron chi connectivity index (χ0n) is 11.9. The lowest BCUT2D eigenvalue weighted by atomic mass is 9.98. The van der Waals surface area contributed by atoms with E-state index in [0.717, 1.165) is 5.92 Å². The zero-order chi connectivity index (χ0) is 12.5. The van der Waals surface area contributed by atoms with Crippen molar-refractivity contribution >= 4 is 0 Å². The van der Waals surface area contributed by atoms with E-state index in [4.69, 9.17) is 0 Å². The average molecular weight is 235 g/mol. The van der Waals surface area contributed by atoms with Gasteiger partial charge in [0, 0.05) is 12.4 Å². The summed E-state index contributed by atoms with van der Waals surface area (Å²) in [7, 11) is 0. The highest BCUT2D eigenvalue weighted by Crippen LogP contribution is 2.16. The van der Waals surface area contributed by atoms with E-state index in [2.05, 4.69) is 38.1 Å². The molecule has 0 atom stereocenters. The smallest absolute Gasteiger partial charge is 0.00403 e. The molecule has 1 rings (SSSR count). The number of hydrogen-bond donors (Lipinski definition) is 1. The van der Waals surface area contributed by atoms with Crippen LogP contribution in [-0.4, -0.2) is 4.98 Å². The van der Waals surface area contributed by atoms with Gasteiger partial charge in [0.2, 0.25) is 0 Å². The van der Waals surface area contributed by atoms with E-state index in [1.165, 1.54) is 56.9 Å². The molecule has 0 aromatic carbocycles. The topological polar surface area (TPSA) is 15.8 Å². The van der Waals surface area contributed by atoms with Crippen LogP contribution in [0.2, 0.25) is 0 Å². The Hall–Kier alpha value is -0.720. The van der Waals surface area contributed by atoms with Crippen molar-refractivity contribution in [1.82, 2.24) is 4.98 Å². The van der Waals surface area contributed by atoms with Crippen LogP contribution < -0.4 is 0 Å². The van der Waals surface area contributed by atoms with Crippen LogP contribution >= 0.6 is 0 Å². The molecule has 0 aliphatic rings. The Morgan fingerprint density at radius 3 is 2.29 bits per heavy atom. The summed E-state index contributed by atoms with van der Waals surface area (Å²) in [5.41, 5.74) is 3.09. The fourth-order valence-corrected chi connectivity index (χ4v) is 2.39. The van der Waals surface area contributed by atoms with Gasteiger partial charge in [-0.05, 0) is 36.3 Å². The number of nitrogens with one attached hydrogen (secondary N) is 1. The Morgan fingerprint density at radius 2 is 1.59 bits per heavy atom. The van der Waals surface area contributed by atoms with Gasteiger partial charge in [-0.15, -0.1) is 0 Å². The van der Waals surface area contributed by atoms with Gasteiger partial charge in [0.15, 0.2) is 0 Å². The largest absolute Gasteiger partial charge is 0.367 e. The molecule has 0 bridgehead atoms. The van der Waals surface area contributed by atoms with Crippen LogP contribution in [0.4, 0.5) is 0 Å². The van der Waals surface area contributed by atoms with Gasteiger partial charge in [-0.25, -0.2) is 0 Å². The third-order valence-electron chi connectivity index (χ3n) is 3.36. The minimum absolute atomic E-state index is 0.758. The van der Waals surface area contributed by atoms with Crippen LogP contribution in [0.3, 0.4) is 0 Å². The molecule has 0 spiro atoms. The molecule has 0 saturated carbocycles. The number of rotatable bonds is 9. The molecule has 1 aromatic rings. The molecule has 98 valence electrons. The number of aromatic amines is 1. The molecule has 1 aromatic heterocycles. The Balaban J connectivity index is 2.20. The van der Waals surface area contributed by atoms with E-state index in [0.29, 0.717) is 0 Å². The zero-order valence-corrected chi connectivity index (χ0v) is 11.9. The fourth-order valence-electron chi connectivity index (χ4n) is 2.39. The van der Waals surface area contributed by atoms with Gasteiger partial charge in [-0.2, -0.15) is 0 Å². The molecule has 0 radical (unpaired) electrons. The SMILES string of the molecule is CCCCCCCCc1c[nH]cc1CC(C)C. The van der Waals surface area contributed by atoms with Crippen LogP contribution in [0.1, 0.15) is 70.4 Å². The second-order valence-electron chi connectivity index (χ2n) is 5.62. The van der Waals surface area contributed by atoms with Crippen LogP contribution in [0.15, 0.2) is 12.4 Å². The molecule has 0 aliphatic heterocycles. The Bertz CT molecular complexity index is 285. The summed E-state index contributed by atoms with van der Waals surface area (Å²) < 4.78 is 0. The van der Waals surface area contributed by atoms with Gasteiger partial charge in [-0.1, -0.05) is 52.9 Å². The van der Waals surface area contributed by atoms with Crippen molar-refractivity contribution in [3.8, 4) is 0 Å². The van der Waals surface area contributed by atoms with Gasteiger partial charge in [0.25, 0.3) is 0 Å². The highest BCUT2D eigenvalue weighted by Gasteiger charge is 2.05. The molecule has 17 heavy (non-hydrogen) atoms. The Kier molecular flexibility index (Phi) is 7.07. The first-order chi connectivity index (χ1) is 8.24. The van der Waals surface area contributed by atoms with Crippen molar-refractivity contribution in [3.63, 3.8) is 0 Å². The van der Waals surface area contributed by atoms with Gasteiger partial charge in [-0.3, -0.25) is 0 Å². The van der Waals surface area contributed by atoms with Crippen molar-refractivity contribution in [2.45, 2.75) is 72.1 Å². The number of unbranched alkanes of at least 4 members (excludes halogenated alkanes) is 5. The van der Waals surface area contributed by atoms with Crippen molar-refractivity contribution in [2.75, 3.05) is 0 Å². The Morgan fingerprint density at radius 1 is 0.941 bits per heavy atom. The Labute approximate surface area is 107 Å². The highest BCUT2D eigenvalue weighted by molar-refractivity contribution is 5.23. The second kappa shape index (κ2) is 8.38. The molecule has 0 amide bonds. The van der Waals surface area contributed by atoms with Crippen LogP contribution in [0.25, 0.3) is 0 Å². The van der Waals surface area contributed by atoms with E-state index < -0.39 is 0 Å². The number of aromatic nitrogens is 1. The lowest BCUT2D eigenvalue weighted by Crippen LogP contribution is -1.96. The summed E-state index contributed by atoms with van der Waals surface area (Å²) >= 11 is 0. The molecule has 1 heterocycles. The first-order valence-corrected chi connectivity index (χ1v) is 7.38. The highest BCUT2D eigenvalue weighted by atomic mass is 14.6. The second-order valence-corrected chi connectivity index (χ2v) is 5.62. The molecule has 1 nitrogen and oxygen atoms in total. The van der Waals surface area contributed by atoms with Crippen LogP contribution in [-0.2, 0) is 12.8 Å². The van der Waals surface area contributed by atoms with E-state index in [-0.39, 0.29) is 0 Å². The normalized spacial score (nSPS) is 11.3.